The molecule has 2 aliphatic heterocycles. The second kappa shape index (κ2) is 15.7. The highest BCUT2D eigenvalue weighted by molar-refractivity contribution is 5.82. The zero-order chi connectivity index (χ0) is 29.7. The van der Waals surface area contributed by atoms with E-state index >= 15 is 0 Å². The highest BCUT2D eigenvalue weighted by Gasteiger charge is 2.20. The number of nitrogens with one attached hydrogen (secondary N) is 1. The molecule has 40 heavy (non-hydrogen) atoms. The normalized spacial score (nSPS) is 14.5. The molecule has 4 rings (SSSR count). The Hall–Kier alpha value is -4.59. The number of hydrogen-bond donors (Lipinski definition) is 1. The first kappa shape index (κ1) is 31.6. The number of nitro groups is 2. The fourth-order valence-electron chi connectivity index (χ4n) is 4.01. The van der Waals surface area contributed by atoms with Crippen LogP contribution in [0, 0.1) is 20.2 Å². The van der Waals surface area contributed by atoms with Crippen molar-refractivity contribution in [1.82, 2.24) is 10.2 Å². The standard InChI is InChI=1S/C12H15N3O3.C10H13N3O2.C4H6O3/c1-10(16)13-5-7-14(8-6-13)11-3-2-4-12(9-11)15(17)18;14-13(15)10-3-1-2-9(8-10)12-6-4-11-5-7-12;1-3(5)7-4(2)6/h2-4,9H,5-8H2,1H3;1-3,8,11H,4-7H2;1-2H3. The van der Waals surface area contributed by atoms with E-state index in [0.29, 0.717) is 26.2 Å². The van der Waals surface area contributed by atoms with Gasteiger partial charge in [0, 0.05) is 109 Å². The molecule has 2 saturated heterocycles. The van der Waals surface area contributed by atoms with Crippen LogP contribution in [0.4, 0.5) is 22.7 Å². The van der Waals surface area contributed by atoms with Gasteiger partial charge < -0.3 is 24.8 Å². The van der Waals surface area contributed by atoms with Crippen LogP contribution in [-0.2, 0) is 19.1 Å². The van der Waals surface area contributed by atoms with Crippen molar-refractivity contribution < 1.29 is 29.0 Å². The summed E-state index contributed by atoms with van der Waals surface area (Å²) >= 11 is 0. The number of hydrogen-bond acceptors (Lipinski definition) is 11. The molecule has 2 fully saturated rings. The minimum Gasteiger partial charge on any atom is -0.394 e. The molecule has 0 atom stereocenters. The summed E-state index contributed by atoms with van der Waals surface area (Å²) in [6.07, 6.45) is 0. The minimum absolute atomic E-state index is 0.0775. The summed E-state index contributed by atoms with van der Waals surface area (Å²) < 4.78 is 3.97. The highest BCUT2D eigenvalue weighted by Crippen LogP contribution is 2.22. The number of piperazine rings is 2. The molecule has 2 aliphatic rings. The van der Waals surface area contributed by atoms with Gasteiger partial charge in [0.2, 0.25) is 5.91 Å². The quantitative estimate of drug-likeness (QED) is 0.253. The number of nitrogens with zero attached hydrogens (tertiary/aromatic N) is 5. The number of anilines is 2. The lowest BCUT2D eigenvalue weighted by Gasteiger charge is -2.35. The molecule has 0 aliphatic carbocycles. The average Bonchev–Trinajstić information content (AvgIpc) is 2.93. The third kappa shape index (κ3) is 10.6. The fraction of sp³-hybridized carbons (Fsp3) is 0.423. The van der Waals surface area contributed by atoms with Crippen LogP contribution < -0.4 is 15.1 Å². The van der Waals surface area contributed by atoms with Gasteiger partial charge in [0.1, 0.15) is 0 Å². The molecule has 2 heterocycles. The Morgan fingerprint density at radius 2 is 1.15 bits per heavy atom. The van der Waals surface area contributed by atoms with Crippen LogP contribution in [0.5, 0.6) is 0 Å². The molecule has 14 heteroatoms. The van der Waals surface area contributed by atoms with E-state index in [9.17, 15) is 34.6 Å². The van der Waals surface area contributed by atoms with Crippen LogP contribution in [0.25, 0.3) is 0 Å². The van der Waals surface area contributed by atoms with Crippen LogP contribution in [0.15, 0.2) is 48.5 Å². The number of carbonyl (C=O) groups is 3. The van der Waals surface area contributed by atoms with E-state index in [4.69, 9.17) is 0 Å². The highest BCUT2D eigenvalue weighted by atomic mass is 16.6. The summed E-state index contributed by atoms with van der Waals surface area (Å²) in [4.78, 5) is 57.4. The van der Waals surface area contributed by atoms with Gasteiger partial charge in [0.25, 0.3) is 11.4 Å². The van der Waals surface area contributed by atoms with Crippen molar-refractivity contribution in [2.75, 3.05) is 62.2 Å². The van der Waals surface area contributed by atoms with Crippen molar-refractivity contribution in [1.29, 1.82) is 0 Å². The van der Waals surface area contributed by atoms with Crippen molar-refractivity contribution in [3.63, 3.8) is 0 Å². The molecule has 0 saturated carbocycles. The Balaban J connectivity index is 0.000000230. The van der Waals surface area contributed by atoms with Crippen LogP contribution in [0.2, 0.25) is 0 Å². The Bertz CT molecular complexity index is 1180. The summed E-state index contributed by atoms with van der Waals surface area (Å²) in [7, 11) is 0. The third-order valence-corrected chi connectivity index (χ3v) is 5.94. The number of nitro benzene ring substituents is 2. The first-order chi connectivity index (χ1) is 19.0. The minimum atomic E-state index is -0.562. The Kier molecular flexibility index (Phi) is 12.4. The second-order valence-electron chi connectivity index (χ2n) is 8.87. The van der Waals surface area contributed by atoms with Crippen LogP contribution in [0.3, 0.4) is 0 Å². The van der Waals surface area contributed by atoms with E-state index in [0.717, 1.165) is 37.6 Å². The average molecular weight is 559 g/mol. The zero-order valence-electron chi connectivity index (χ0n) is 22.8. The molecule has 14 nitrogen and oxygen atoms in total. The molecule has 1 amide bonds. The molecular formula is C26H34N6O8. The largest absolute Gasteiger partial charge is 0.394 e. The number of non-ortho nitro benzene ring substituents is 2. The summed E-state index contributed by atoms with van der Waals surface area (Å²) in [5.41, 5.74) is 2.03. The summed E-state index contributed by atoms with van der Waals surface area (Å²) in [5.74, 6) is -1.05. The lowest BCUT2D eigenvalue weighted by molar-refractivity contribution is -0.385. The van der Waals surface area contributed by atoms with Gasteiger partial charge in [-0.25, -0.2) is 0 Å². The summed E-state index contributed by atoms with van der Waals surface area (Å²) in [5, 5.41) is 24.6. The van der Waals surface area contributed by atoms with Crippen molar-refractivity contribution in [3.05, 3.63) is 68.8 Å². The predicted molar refractivity (Wildman–Crippen MR) is 148 cm³/mol. The predicted octanol–water partition coefficient (Wildman–Crippen LogP) is 2.36. The van der Waals surface area contributed by atoms with Gasteiger partial charge in [-0.2, -0.15) is 0 Å². The lowest BCUT2D eigenvalue weighted by atomic mass is 10.2. The molecule has 2 aromatic rings. The number of amides is 1. The number of esters is 2. The SMILES string of the molecule is CC(=O)N1CCN(c2cccc([N+](=O)[O-])c2)CC1.CC(=O)OC(C)=O.O=[N+]([O-])c1cccc(N2CCNCC2)c1. The summed E-state index contributed by atoms with van der Waals surface area (Å²) in [6.45, 7) is 10.3. The van der Waals surface area contributed by atoms with Gasteiger partial charge in [-0.3, -0.25) is 34.6 Å². The van der Waals surface area contributed by atoms with Crippen molar-refractivity contribution in [3.8, 4) is 0 Å². The third-order valence-electron chi connectivity index (χ3n) is 5.94. The van der Waals surface area contributed by atoms with Gasteiger partial charge in [0.15, 0.2) is 0 Å². The summed E-state index contributed by atoms with van der Waals surface area (Å²) in [6, 6.07) is 13.4. The first-order valence-electron chi connectivity index (χ1n) is 12.6. The van der Waals surface area contributed by atoms with Gasteiger partial charge in [-0.05, 0) is 12.1 Å². The van der Waals surface area contributed by atoms with Crippen molar-refractivity contribution >= 4 is 40.6 Å². The maximum Gasteiger partial charge on any atom is 0.310 e. The van der Waals surface area contributed by atoms with Gasteiger partial charge in [-0.1, -0.05) is 12.1 Å². The van der Waals surface area contributed by atoms with E-state index in [1.54, 1.807) is 36.1 Å². The van der Waals surface area contributed by atoms with E-state index in [1.165, 1.54) is 26.0 Å². The monoisotopic (exact) mass is 558 g/mol. The molecule has 0 radical (unpaired) electrons. The van der Waals surface area contributed by atoms with Gasteiger partial charge in [0.05, 0.1) is 9.85 Å². The smallest absolute Gasteiger partial charge is 0.310 e. The van der Waals surface area contributed by atoms with Gasteiger partial charge >= 0.3 is 11.9 Å². The maximum atomic E-state index is 11.2. The number of rotatable bonds is 4. The van der Waals surface area contributed by atoms with Crippen LogP contribution in [0.1, 0.15) is 20.8 Å². The lowest BCUT2D eigenvalue weighted by Crippen LogP contribution is -2.48. The van der Waals surface area contributed by atoms with E-state index in [1.807, 2.05) is 12.1 Å². The Morgan fingerprint density at radius 1 is 0.725 bits per heavy atom. The molecule has 1 N–H and O–H groups in total. The van der Waals surface area contributed by atoms with Crippen molar-refractivity contribution in [2.45, 2.75) is 20.8 Å². The zero-order valence-corrected chi connectivity index (χ0v) is 22.8. The molecule has 0 aromatic heterocycles. The topological polar surface area (TPSA) is 168 Å². The number of ether oxygens (including phenoxy) is 1. The Labute approximate surface area is 231 Å². The van der Waals surface area contributed by atoms with E-state index < -0.39 is 16.9 Å². The molecule has 216 valence electrons. The van der Waals surface area contributed by atoms with Crippen LogP contribution in [-0.4, -0.2) is 85.0 Å². The molecule has 0 bridgehead atoms. The molecular weight excluding hydrogens is 524 g/mol. The van der Waals surface area contributed by atoms with E-state index in [2.05, 4.69) is 19.9 Å². The number of benzene rings is 2. The van der Waals surface area contributed by atoms with Crippen LogP contribution >= 0.6 is 0 Å². The van der Waals surface area contributed by atoms with Crippen molar-refractivity contribution in [2.24, 2.45) is 0 Å². The maximum absolute atomic E-state index is 11.2. The fourth-order valence-corrected chi connectivity index (χ4v) is 4.01. The van der Waals surface area contributed by atoms with E-state index in [-0.39, 0.29) is 22.2 Å². The molecule has 2 aromatic carbocycles. The molecule has 0 unspecified atom stereocenters. The number of carbonyl (C=O) groups excluding carboxylic acids is 3. The van der Waals surface area contributed by atoms with Gasteiger partial charge in [-0.15, -0.1) is 0 Å². The Morgan fingerprint density at radius 3 is 1.50 bits per heavy atom. The second-order valence-corrected chi connectivity index (χ2v) is 8.87. The molecule has 0 spiro atoms. The first-order valence-corrected chi connectivity index (χ1v) is 12.6.